The molecule has 194 valence electrons. The molecule has 0 unspecified atom stereocenters. The molecule has 2 aliphatic rings. The van der Waals surface area contributed by atoms with Crippen molar-refractivity contribution in [1.82, 2.24) is 20.4 Å². The van der Waals surface area contributed by atoms with Crippen LogP contribution in [0.25, 0.3) is 10.9 Å². The molecular weight excluding hydrogens is 487 g/mol. The highest BCUT2D eigenvalue weighted by Crippen LogP contribution is 2.49. The van der Waals surface area contributed by atoms with Gasteiger partial charge >= 0.3 is 6.18 Å². The molecule has 0 atom stereocenters. The number of anilines is 1. The van der Waals surface area contributed by atoms with Crippen LogP contribution in [0.3, 0.4) is 0 Å². The zero-order valence-electron chi connectivity index (χ0n) is 20.2. The zero-order valence-corrected chi connectivity index (χ0v) is 20.2. The van der Waals surface area contributed by atoms with Gasteiger partial charge in [-0.15, -0.1) is 0 Å². The van der Waals surface area contributed by atoms with Gasteiger partial charge in [0.2, 0.25) is 11.8 Å². The van der Waals surface area contributed by atoms with E-state index in [0.717, 1.165) is 22.0 Å². The summed E-state index contributed by atoms with van der Waals surface area (Å²) in [5.74, 6) is -1.06. The second-order valence-electron chi connectivity index (χ2n) is 9.61. The van der Waals surface area contributed by atoms with Gasteiger partial charge in [0, 0.05) is 42.7 Å². The fourth-order valence-corrected chi connectivity index (χ4v) is 5.51. The SMILES string of the molecule is Cc1cccc2c1C1(CCN(C(=O)c3ccc4[nH]ncc4c3)CC1)C(=O)N2CCC(=O)NCC(F)(F)F. The number of likely N-dealkylation sites (tertiary alicyclic amines) is 1. The minimum Gasteiger partial charge on any atom is -0.347 e. The lowest BCUT2D eigenvalue weighted by Gasteiger charge is -2.39. The van der Waals surface area contributed by atoms with Gasteiger partial charge in [-0.05, 0) is 55.2 Å². The van der Waals surface area contributed by atoms with E-state index in [0.29, 0.717) is 37.2 Å². The van der Waals surface area contributed by atoms with Crippen molar-refractivity contribution in [2.45, 2.75) is 37.8 Å². The Balaban J connectivity index is 1.32. The van der Waals surface area contributed by atoms with Gasteiger partial charge in [-0.25, -0.2) is 0 Å². The lowest BCUT2D eigenvalue weighted by molar-refractivity contribution is -0.138. The van der Waals surface area contributed by atoms with E-state index in [4.69, 9.17) is 0 Å². The van der Waals surface area contributed by atoms with E-state index in [9.17, 15) is 27.6 Å². The molecule has 0 bridgehead atoms. The van der Waals surface area contributed by atoms with Crippen molar-refractivity contribution in [3.8, 4) is 0 Å². The fraction of sp³-hybridized carbons (Fsp3) is 0.385. The number of aromatic nitrogens is 2. The van der Waals surface area contributed by atoms with Crippen molar-refractivity contribution >= 4 is 34.3 Å². The van der Waals surface area contributed by atoms with Gasteiger partial charge in [-0.3, -0.25) is 19.5 Å². The zero-order chi connectivity index (χ0) is 26.4. The fourth-order valence-electron chi connectivity index (χ4n) is 5.51. The molecule has 37 heavy (non-hydrogen) atoms. The average Bonchev–Trinajstić information content (AvgIpc) is 3.43. The maximum absolute atomic E-state index is 13.8. The quantitative estimate of drug-likeness (QED) is 0.546. The van der Waals surface area contributed by atoms with Gasteiger partial charge in [0.15, 0.2) is 0 Å². The largest absolute Gasteiger partial charge is 0.405 e. The summed E-state index contributed by atoms with van der Waals surface area (Å²) < 4.78 is 37.3. The van der Waals surface area contributed by atoms with E-state index in [1.54, 1.807) is 29.3 Å². The van der Waals surface area contributed by atoms with E-state index in [-0.39, 0.29) is 24.8 Å². The summed E-state index contributed by atoms with van der Waals surface area (Å²) in [6, 6.07) is 10.9. The van der Waals surface area contributed by atoms with Gasteiger partial charge in [-0.1, -0.05) is 12.1 Å². The molecule has 3 heterocycles. The summed E-state index contributed by atoms with van der Waals surface area (Å²) in [5, 5.41) is 9.54. The number of halogens is 3. The molecule has 1 aromatic heterocycles. The lowest BCUT2D eigenvalue weighted by Crippen LogP contribution is -2.50. The molecule has 11 heteroatoms. The minimum atomic E-state index is -4.50. The third kappa shape index (κ3) is 4.54. The number of hydrogen-bond acceptors (Lipinski definition) is 4. The van der Waals surface area contributed by atoms with Crippen molar-refractivity contribution in [2.24, 2.45) is 0 Å². The highest BCUT2D eigenvalue weighted by molar-refractivity contribution is 6.09. The van der Waals surface area contributed by atoms with E-state index in [1.165, 1.54) is 4.90 Å². The van der Waals surface area contributed by atoms with Crippen LogP contribution < -0.4 is 10.2 Å². The number of H-pyrrole nitrogens is 1. The number of fused-ring (bicyclic) bond motifs is 3. The Bertz CT molecular complexity index is 1380. The number of nitrogens with one attached hydrogen (secondary N) is 2. The number of nitrogens with zero attached hydrogens (tertiary/aromatic N) is 3. The molecule has 2 N–H and O–H groups in total. The molecule has 3 aromatic rings. The number of benzene rings is 2. The Morgan fingerprint density at radius 1 is 1.16 bits per heavy atom. The molecular formula is C26H26F3N5O3. The molecule has 0 aliphatic carbocycles. The summed E-state index contributed by atoms with van der Waals surface area (Å²) >= 11 is 0. The van der Waals surface area contributed by atoms with E-state index in [1.807, 2.05) is 30.4 Å². The number of carbonyl (C=O) groups excluding carboxylic acids is 3. The molecule has 5 rings (SSSR count). The third-order valence-corrected chi connectivity index (χ3v) is 7.31. The summed E-state index contributed by atoms with van der Waals surface area (Å²) in [6.45, 7) is 1.25. The van der Waals surface area contributed by atoms with E-state index < -0.39 is 24.0 Å². The lowest BCUT2D eigenvalue weighted by atomic mass is 9.72. The van der Waals surface area contributed by atoms with Crippen LogP contribution in [0, 0.1) is 6.92 Å². The Hall–Kier alpha value is -3.89. The maximum Gasteiger partial charge on any atom is 0.405 e. The molecule has 2 aliphatic heterocycles. The normalized spacial score (nSPS) is 16.9. The van der Waals surface area contributed by atoms with E-state index >= 15 is 0 Å². The highest BCUT2D eigenvalue weighted by Gasteiger charge is 2.53. The number of rotatable bonds is 5. The van der Waals surface area contributed by atoms with Crippen LogP contribution in [-0.4, -0.2) is 65.2 Å². The van der Waals surface area contributed by atoms with Gasteiger partial charge in [0.25, 0.3) is 5.91 Å². The number of aryl methyl sites for hydroxylation is 1. The standard InChI is InChI=1S/C26H26F3N5O3/c1-16-3-2-4-20-22(16)25(24(37)34(20)10-7-21(35)30-15-26(27,28)29)8-11-33(12-9-25)23(36)17-5-6-19-18(13-17)14-31-32-19/h2-6,13-14H,7-12,15H2,1H3,(H,30,35)(H,31,32). The van der Waals surface area contributed by atoms with Crippen molar-refractivity contribution < 1.29 is 27.6 Å². The molecule has 1 fully saturated rings. The predicted molar refractivity (Wildman–Crippen MR) is 130 cm³/mol. The second-order valence-corrected chi connectivity index (χ2v) is 9.61. The first kappa shape index (κ1) is 24.8. The Morgan fingerprint density at radius 3 is 2.65 bits per heavy atom. The first-order valence-corrected chi connectivity index (χ1v) is 12.1. The molecule has 3 amide bonds. The predicted octanol–water partition coefficient (Wildman–Crippen LogP) is 3.46. The Labute approximate surface area is 210 Å². The summed E-state index contributed by atoms with van der Waals surface area (Å²) in [7, 11) is 0. The number of aromatic amines is 1. The van der Waals surface area contributed by atoms with E-state index in [2.05, 4.69) is 10.2 Å². The number of carbonyl (C=O) groups is 3. The second kappa shape index (κ2) is 9.20. The molecule has 8 nitrogen and oxygen atoms in total. The van der Waals surface area contributed by atoms with Crippen LogP contribution in [0.15, 0.2) is 42.6 Å². The van der Waals surface area contributed by atoms with Crippen LogP contribution in [0.1, 0.15) is 40.7 Å². The smallest absolute Gasteiger partial charge is 0.347 e. The van der Waals surface area contributed by atoms with Crippen molar-refractivity contribution in [2.75, 3.05) is 31.1 Å². The average molecular weight is 514 g/mol. The van der Waals surface area contributed by atoms with Crippen LogP contribution in [0.2, 0.25) is 0 Å². The number of piperidine rings is 1. The van der Waals surface area contributed by atoms with Gasteiger partial charge in [0.1, 0.15) is 6.54 Å². The monoisotopic (exact) mass is 513 g/mol. The van der Waals surface area contributed by atoms with Crippen LogP contribution in [-0.2, 0) is 15.0 Å². The molecule has 0 radical (unpaired) electrons. The Morgan fingerprint density at radius 2 is 1.92 bits per heavy atom. The summed E-state index contributed by atoms with van der Waals surface area (Å²) in [6.07, 6.45) is -2.25. The van der Waals surface area contributed by atoms with Gasteiger partial charge in [0.05, 0.1) is 17.1 Å². The van der Waals surface area contributed by atoms with Crippen LogP contribution in [0.5, 0.6) is 0 Å². The van der Waals surface area contributed by atoms with Crippen LogP contribution >= 0.6 is 0 Å². The minimum absolute atomic E-state index is 0.0198. The van der Waals surface area contributed by atoms with Crippen molar-refractivity contribution in [1.29, 1.82) is 0 Å². The molecule has 2 aromatic carbocycles. The summed E-state index contributed by atoms with van der Waals surface area (Å²) in [5.41, 5.74) is 3.03. The molecule has 1 spiro atoms. The van der Waals surface area contributed by atoms with Crippen molar-refractivity contribution in [3.63, 3.8) is 0 Å². The number of alkyl halides is 3. The third-order valence-electron chi connectivity index (χ3n) is 7.31. The number of hydrogen-bond donors (Lipinski definition) is 2. The summed E-state index contributed by atoms with van der Waals surface area (Å²) in [4.78, 5) is 42.3. The highest BCUT2D eigenvalue weighted by atomic mass is 19.4. The maximum atomic E-state index is 13.8. The molecule has 1 saturated heterocycles. The van der Waals surface area contributed by atoms with Gasteiger partial charge in [-0.2, -0.15) is 18.3 Å². The first-order chi connectivity index (χ1) is 17.6. The van der Waals surface area contributed by atoms with Crippen molar-refractivity contribution in [3.05, 3.63) is 59.3 Å². The topological polar surface area (TPSA) is 98.4 Å². The first-order valence-electron chi connectivity index (χ1n) is 12.1. The van der Waals surface area contributed by atoms with Crippen LogP contribution in [0.4, 0.5) is 18.9 Å². The number of amides is 3. The van der Waals surface area contributed by atoms with Gasteiger partial charge < -0.3 is 15.1 Å². The molecule has 0 saturated carbocycles. The Kier molecular flexibility index (Phi) is 6.17.